The van der Waals surface area contributed by atoms with E-state index in [0.717, 1.165) is 6.54 Å². The first-order valence-corrected chi connectivity index (χ1v) is 4.41. The summed E-state index contributed by atoms with van der Waals surface area (Å²) in [5.41, 5.74) is 0.573. The van der Waals surface area contributed by atoms with Crippen molar-refractivity contribution in [2.45, 2.75) is 13.8 Å². The number of thiazole rings is 1. The smallest absolute Gasteiger partial charge is 0.347 e. The molecule has 0 fully saturated rings. The summed E-state index contributed by atoms with van der Waals surface area (Å²) in [7, 11) is 0. The van der Waals surface area contributed by atoms with E-state index in [4.69, 9.17) is 5.11 Å². The summed E-state index contributed by atoms with van der Waals surface area (Å²) in [4.78, 5) is 14.9. The molecule has 0 aliphatic rings. The number of hydrogen-bond donors (Lipinski definition) is 2. The summed E-state index contributed by atoms with van der Waals surface area (Å²) < 4.78 is 0. The van der Waals surface area contributed by atoms with Gasteiger partial charge in [-0.1, -0.05) is 11.3 Å². The zero-order valence-electron chi connectivity index (χ0n) is 7.33. The first kappa shape index (κ1) is 12.2. The fourth-order valence-corrected chi connectivity index (χ4v) is 1.69. The molecule has 74 valence electrons. The minimum atomic E-state index is -0.908. The van der Waals surface area contributed by atoms with Crippen LogP contribution < -0.4 is 5.32 Å². The molecule has 1 aromatic rings. The second-order valence-electron chi connectivity index (χ2n) is 2.27. The van der Waals surface area contributed by atoms with Crippen LogP contribution in [0.3, 0.4) is 0 Å². The molecule has 0 unspecified atom stereocenters. The average molecular weight is 223 g/mol. The number of hydrogen-bond acceptors (Lipinski definition) is 4. The number of aryl methyl sites for hydroxylation is 1. The Kier molecular flexibility index (Phi) is 4.72. The van der Waals surface area contributed by atoms with Gasteiger partial charge in [-0.2, -0.15) is 0 Å². The molecule has 0 aromatic carbocycles. The molecule has 0 saturated heterocycles. The third kappa shape index (κ3) is 2.86. The summed E-state index contributed by atoms with van der Waals surface area (Å²) in [6, 6.07) is 0. The Morgan fingerprint density at radius 3 is 2.69 bits per heavy atom. The second-order valence-corrected chi connectivity index (χ2v) is 3.27. The van der Waals surface area contributed by atoms with Gasteiger partial charge in [0.2, 0.25) is 0 Å². The van der Waals surface area contributed by atoms with Gasteiger partial charge in [-0.3, -0.25) is 0 Å². The molecule has 0 bridgehead atoms. The first-order valence-electron chi connectivity index (χ1n) is 3.59. The van der Waals surface area contributed by atoms with E-state index in [1.54, 1.807) is 6.92 Å². The summed E-state index contributed by atoms with van der Waals surface area (Å²) in [5.74, 6) is -0.908. The maximum absolute atomic E-state index is 10.6. The van der Waals surface area contributed by atoms with Crippen molar-refractivity contribution in [3.05, 3.63) is 10.6 Å². The van der Waals surface area contributed by atoms with Crippen molar-refractivity contribution in [2.24, 2.45) is 0 Å². The standard InChI is InChI=1S/C7H10N2O2S.ClH/c1-3-8-7-9-4(2)5(12-7)6(10)11;/h3H2,1-2H3,(H,8,9)(H,10,11);1H. The largest absolute Gasteiger partial charge is 0.477 e. The van der Waals surface area contributed by atoms with Crippen LogP contribution >= 0.6 is 23.7 Å². The van der Waals surface area contributed by atoms with Gasteiger partial charge in [-0.05, 0) is 13.8 Å². The van der Waals surface area contributed by atoms with E-state index in [-0.39, 0.29) is 12.4 Å². The highest BCUT2D eigenvalue weighted by Gasteiger charge is 2.12. The van der Waals surface area contributed by atoms with Crippen LogP contribution in [0.2, 0.25) is 0 Å². The minimum absolute atomic E-state index is 0. The molecule has 1 heterocycles. The van der Waals surface area contributed by atoms with Gasteiger partial charge in [0.1, 0.15) is 4.88 Å². The maximum Gasteiger partial charge on any atom is 0.347 e. The number of nitrogens with one attached hydrogen (secondary N) is 1. The maximum atomic E-state index is 10.6. The second kappa shape index (κ2) is 5.04. The van der Waals surface area contributed by atoms with Gasteiger partial charge in [0.05, 0.1) is 5.69 Å². The minimum Gasteiger partial charge on any atom is -0.477 e. The zero-order chi connectivity index (χ0) is 9.14. The zero-order valence-corrected chi connectivity index (χ0v) is 8.96. The molecule has 0 saturated carbocycles. The molecule has 0 spiro atoms. The predicted molar refractivity (Wildman–Crippen MR) is 55.2 cm³/mol. The number of carbonyl (C=O) groups is 1. The van der Waals surface area contributed by atoms with Crippen molar-refractivity contribution >= 4 is 34.8 Å². The van der Waals surface area contributed by atoms with Gasteiger partial charge in [-0.25, -0.2) is 9.78 Å². The molecule has 0 radical (unpaired) electrons. The molecule has 0 aliphatic carbocycles. The van der Waals surface area contributed by atoms with E-state index in [9.17, 15) is 4.79 Å². The Bertz CT molecular complexity index is 301. The van der Waals surface area contributed by atoms with E-state index in [2.05, 4.69) is 10.3 Å². The normalized spacial score (nSPS) is 9.08. The van der Waals surface area contributed by atoms with Crippen LogP contribution in [0.1, 0.15) is 22.3 Å². The van der Waals surface area contributed by atoms with E-state index < -0.39 is 5.97 Å². The number of aromatic nitrogens is 1. The van der Waals surface area contributed by atoms with Crippen LogP contribution in [-0.4, -0.2) is 22.6 Å². The molecule has 2 N–H and O–H groups in total. The molecule has 0 aliphatic heterocycles. The molecule has 4 nitrogen and oxygen atoms in total. The summed E-state index contributed by atoms with van der Waals surface area (Å²) in [6.07, 6.45) is 0. The predicted octanol–water partition coefficient (Wildman–Crippen LogP) is 2.00. The average Bonchev–Trinajstić information content (AvgIpc) is 2.32. The Labute approximate surface area is 86.4 Å². The quantitative estimate of drug-likeness (QED) is 0.821. The van der Waals surface area contributed by atoms with Crippen molar-refractivity contribution in [2.75, 3.05) is 11.9 Å². The number of carboxylic acids is 1. The van der Waals surface area contributed by atoms with Crippen molar-refractivity contribution < 1.29 is 9.90 Å². The van der Waals surface area contributed by atoms with Crippen LogP contribution in [0.4, 0.5) is 5.13 Å². The highest BCUT2D eigenvalue weighted by Crippen LogP contribution is 2.21. The Balaban J connectivity index is 0.00000144. The van der Waals surface area contributed by atoms with Crippen molar-refractivity contribution in [1.29, 1.82) is 0 Å². The van der Waals surface area contributed by atoms with E-state index in [0.29, 0.717) is 15.7 Å². The van der Waals surface area contributed by atoms with Gasteiger partial charge >= 0.3 is 5.97 Å². The van der Waals surface area contributed by atoms with Gasteiger partial charge in [0.15, 0.2) is 5.13 Å². The lowest BCUT2D eigenvalue weighted by Gasteiger charge is -1.92. The monoisotopic (exact) mass is 222 g/mol. The first-order chi connectivity index (χ1) is 5.65. The van der Waals surface area contributed by atoms with Crippen LogP contribution in [0.5, 0.6) is 0 Å². The number of halogens is 1. The highest BCUT2D eigenvalue weighted by molar-refractivity contribution is 7.17. The van der Waals surface area contributed by atoms with Crippen LogP contribution in [0, 0.1) is 6.92 Å². The molecule has 13 heavy (non-hydrogen) atoms. The molecule has 1 rings (SSSR count). The number of nitrogens with zero attached hydrogens (tertiary/aromatic N) is 1. The lowest BCUT2D eigenvalue weighted by atomic mass is 10.4. The van der Waals surface area contributed by atoms with Gasteiger partial charge in [-0.15, -0.1) is 12.4 Å². The number of anilines is 1. The van der Waals surface area contributed by atoms with Gasteiger partial charge in [0, 0.05) is 6.54 Å². The number of aromatic carboxylic acids is 1. The van der Waals surface area contributed by atoms with Gasteiger partial charge in [0.25, 0.3) is 0 Å². The summed E-state index contributed by atoms with van der Waals surface area (Å²) in [6.45, 7) is 4.39. The molecular formula is C7H11ClN2O2S. The Morgan fingerprint density at radius 1 is 1.69 bits per heavy atom. The lowest BCUT2D eigenvalue weighted by Crippen LogP contribution is -1.94. The summed E-state index contributed by atoms with van der Waals surface area (Å²) >= 11 is 1.17. The van der Waals surface area contributed by atoms with Crippen LogP contribution in [0.25, 0.3) is 0 Å². The van der Waals surface area contributed by atoms with Crippen LogP contribution in [0.15, 0.2) is 0 Å². The number of carboxylic acid groups (broad SMARTS) is 1. The molecular weight excluding hydrogens is 212 g/mol. The number of rotatable bonds is 3. The highest BCUT2D eigenvalue weighted by atomic mass is 35.5. The Hall–Kier alpha value is -0.810. The fourth-order valence-electron chi connectivity index (χ4n) is 0.822. The third-order valence-electron chi connectivity index (χ3n) is 1.32. The SMILES string of the molecule is CCNc1nc(C)c(C(=O)O)s1.Cl. The summed E-state index contributed by atoms with van der Waals surface area (Å²) in [5, 5.41) is 12.3. The lowest BCUT2D eigenvalue weighted by molar-refractivity contribution is 0.0701. The Morgan fingerprint density at radius 2 is 2.31 bits per heavy atom. The molecule has 6 heteroatoms. The molecule has 0 amide bonds. The van der Waals surface area contributed by atoms with Crippen molar-refractivity contribution in [3.8, 4) is 0 Å². The van der Waals surface area contributed by atoms with Crippen molar-refractivity contribution in [1.82, 2.24) is 4.98 Å². The van der Waals surface area contributed by atoms with Crippen LogP contribution in [-0.2, 0) is 0 Å². The third-order valence-corrected chi connectivity index (χ3v) is 2.42. The van der Waals surface area contributed by atoms with E-state index >= 15 is 0 Å². The van der Waals surface area contributed by atoms with Gasteiger partial charge < -0.3 is 10.4 Å². The molecule has 1 aromatic heterocycles. The van der Waals surface area contributed by atoms with E-state index in [1.165, 1.54) is 11.3 Å². The fraction of sp³-hybridized carbons (Fsp3) is 0.429. The topological polar surface area (TPSA) is 62.2 Å². The molecule has 0 atom stereocenters. The van der Waals surface area contributed by atoms with Crippen molar-refractivity contribution in [3.63, 3.8) is 0 Å². The van der Waals surface area contributed by atoms with E-state index in [1.807, 2.05) is 6.92 Å².